The number of nitrogens with one attached hydrogen (secondary N) is 1. The first-order valence-corrected chi connectivity index (χ1v) is 8.52. The average molecular weight is 335 g/mol. The van der Waals surface area contributed by atoms with Crippen molar-refractivity contribution in [1.82, 2.24) is 15.1 Å². The van der Waals surface area contributed by atoms with E-state index in [9.17, 15) is 9.59 Å². The van der Waals surface area contributed by atoms with Crippen molar-refractivity contribution in [2.24, 2.45) is 5.92 Å². The Hall–Kier alpha value is -1.86. The molecule has 0 saturated carbocycles. The maximum absolute atomic E-state index is 12.4. The summed E-state index contributed by atoms with van der Waals surface area (Å²) in [7, 11) is 0. The van der Waals surface area contributed by atoms with E-state index in [0.717, 1.165) is 38.6 Å². The predicted molar refractivity (Wildman–Crippen MR) is 87.1 cm³/mol. The van der Waals surface area contributed by atoms with Crippen molar-refractivity contribution in [3.63, 3.8) is 0 Å². The van der Waals surface area contributed by atoms with Gasteiger partial charge in [0.2, 0.25) is 11.8 Å². The van der Waals surface area contributed by atoms with E-state index in [-0.39, 0.29) is 30.2 Å². The van der Waals surface area contributed by atoms with Gasteiger partial charge in [0.25, 0.3) is 0 Å². The molecule has 2 saturated heterocycles. The van der Waals surface area contributed by atoms with Crippen molar-refractivity contribution in [1.29, 1.82) is 0 Å². The summed E-state index contributed by atoms with van der Waals surface area (Å²) in [6.45, 7) is 7.00. The highest BCUT2D eigenvalue weighted by molar-refractivity contribution is 5.89. The zero-order chi connectivity index (χ0) is 16.9. The highest BCUT2D eigenvalue weighted by Gasteiger charge is 2.35. The summed E-state index contributed by atoms with van der Waals surface area (Å²) in [6.07, 6.45) is 1.87. The van der Waals surface area contributed by atoms with Crippen LogP contribution >= 0.6 is 0 Å². The molecule has 2 amide bonds. The van der Waals surface area contributed by atoms with Crippen LogP contribution in [0.5, 0.6) is 0 Å². The molecule has 0 radical (unpaired) electrons. The summed E-state index contributed by atoms with van der Waals surface area (Å²) in [5.74, 6) is 0.433. The minimum absolute atomic E-state index is 0.00684. The third-order valence-electron chi connectivity index (χ3n) is 4.54. The third-order valence-corrected chi connectivity index (χ3v) is 4.54. The van der Waals surface area contributed by atoms with Gasteiger partial charge in [0, 0.05) is 38.6 Å². The van der Waals surface area contributed by atoms with E-state index >= 15 is 0 Å². The van der Waals surface area contributed by atoms with E-state index in [4.69, 9.17) is 9.15 Å². The standard InChI is InChI=1S/C17H25N3O4/c1-13(10-19-4-7-23-8-5-19)18-17(22)14-9-16(21)20(11-14)12-15-3-2-6-24-15/h2-3,6,13-14H,4-5,7-12H2,1H3,(H,18,22)/t13-,14+/m1/s1. The smallest absolute Gasteiger partial charge is 0.225 e. The Balaban J connectivity index is 1.45. The number of morpholine rings is 1. The maximum Gasteiger partial charge on any atom is 0.225 e. The molecule has 3 heterocycles. The molecule has 1 N–H and O–H groups in total. The van der Waals surface area contributed by atoms with E-state index < -0.39 is 0 Å². The first kappa shape index (κ1) is 17.0. The number of likely N-dealkylation sites (tertiary alicyclic amines) is 1. The highest BCUT2D eigenvalue weighted by atomic mass is 16.5. The molecule has 2 aliphatic rings. The first-order valence-electron chi connectivity index (χ1n) is 8.52. The monoisotopic (exact) mass is 335 g/mol. The second kappa shape index (κ2) is 7.81. The molecule has 24 heavy (non-hydrogen) atoms. The minimum atomic E-state index is -0.278. The van der Waals surface area contributed by atoms with Crippen LogP contribution in [0.2, 0.25) is 0 Å². The molecule has 2 fully saturated rings. The molecule has 132 valence electrons. The van der Waals surface area contributed by atoms with Crippen LogP contribution in [0, 0.1) is 5.92 Å². The van der Waals surface area contributed by atoms with Crippen LogP contribution in [-0.4, -0.2) is 67.0 Å². The SMILES string of the molecule is C[C@H](CN1CCOCC1)NC(=O)[C@H]1CC(=O)N(Cc2ccco2)C1. The Bertz CT molecular complexity index is 554. The lowest BCUT2D eigenvalue weighted by Gasteiger charge is -2.29. The van der Waals surface area contributed by atoms with Crippen LogP contribution in [0.1, 0.15) is 19.1 Å². The van der Waals surface area contributed by atoms with Gasteiger partial charge < -0.3 is 19.4 Å². The van der Waals surface area contributed by atoms with E-state index in [2.05, 4.69) is 10.2 Å². The van der Waals surface area contributed by atoms with Gasteiger partial charge in [0.15, 0.2) is 0 Å². The summed E-state index contributed by atoms with van der Waals surface area (Å²) >= 11 is 0. The van der Waals surface area contributed by atoms with Crippen molar-refractivity contribution < 1.29 is 18.7 Å². The quantitative estimate of drug-likeness (QED) is 0.818. The Labute approximate surface area is 141 Å². The summed E-state index contributed by atoms with van der Waals surface area (Å²) < 4.78 is 10.6. The lowest BCUT2D eigenvalue weighted by atomic mass is 10.1. The third kappa shape index (κ3) is 4.36. The fourth-order valence-corrected chi connectivity index (χ4v) is 3.27. The van der Waals surface area contributed by atoms with Crippen LogP contribution in [-0.2, 0) is 20.9 Å². The topological polar surface area (TPSA) is 75.0 Å². The molecule has 0 aromatic carbocycles. The summed E-state index contributed by atoms with van der Waals surface area (Å²) in [5, 5.41) is 3.05. The molecular weight excluding hydrogens is 310 g/mol. The molecule has 0 bridgehead atoms. The molecule has 0 spiro atoms. The number of hydrogen-bond acceptors (Lipinski definition) is 5. The number of furan rings is 1. The molecule has 2 atom stereocenters. The lowest BCUT2D eigenvalue weighted by Crippen LogP contribution is -2.47. The Morgan fingerprint density at radius 2 is 2.21 bits per heavy atom. The summed E-state index contributed by atoms with van der Waals surface area (Å²) in [6, 6.07) is 3.70. The van der Waals surface area contributed by atoms with Gasteiger partial charge in [-0.15, -0.1) is 0 Å². The Morgan fingerprint density at radius 3 is 2.92 bits per heavy atom. The van der Waals surface area contributed by atoms with E-state index in [1.165, 1.54) is 0 Å². The maximum atomic E-state index is 12.4. The summed E-state index contributed by atoms with van der Waals surface area (Å²) in [5.41, 5.74) is 0. The van der Waals surface area contributed by atoms with Gasteiger partial charge in [-0.25, -0.2) is 0 Å². The number of carbonyl (C=O) groups excluding carboxylic acids is 2. The second-order valence-electron chi connectivity index (χ2n) is 6.58. The number of hydrogen-bond donors (Lipinski definition) is 1. The highest BCUT2D eigenvalue weighted by Crippen LogP contribution is 2.20. The van der Waals surface area contributed by atoms with E-state index in [1.807, 2.05) is 13.0 Å². The number of carbonyl (C=O) groups is 2. The minimum Gasteiger partial charge on any atom is -0.467 e. The van der Waals surface area contributed by atoms with Crippen molar-refractivity contribution in [2.45, 2.75) is 25.9 Å². The van der Waals surface area contributed by atoms with Gasteiger partial charge in [0.05, 0.1) is 31.9 Å². The molecule has 7 nitrogen and oxygen atoms in total. The van der Waals surface area contributed by atoms with Gasteiger partial charge in [-0.05, 0) is 19.1 Å². The van der Waals surface area contributed by atoms with Gasteiger partial charge in [-0.2, -0.15) is 0 Å². The number of nitrogens with zero attached hydrogens (tertiary/aromatic N) is 2. The van der Waals surface area contributed by atoms with Crippen molar-refractivity contribution in [2.75, 3.05) is 39.4 Å². The van der Waals surface area contributed by atoms with Crippen LogP contribution in [0.4, 0.5) is 0 Å². The van der Waals surface area contributed by atoms with Gasteiger partial charge in [0.1, 0.15) is 5.76 Å². The number of rotatable bonds is 6. The fraction of sp³-hybridized carbons (Fsp3) is 0.647. The first-order chi connectivity index (χ1) is 11.6. The molecule has 2 aliphatic heterocycles. The van der Waals surface area contributed by atoms with Crippen LogP contribution < -0.4 is 5.32 Å². The van der Waals surface area contributed by atoms with Crippen LogP contribution in [0.25, 0.3) is 0 Å². The molecule has 3 rings (SSSR count). The fourth-order valence-electron chi connectivity index (χ4n) is 3.27. The average Bonchev–Trinajstić information content (AvgIpc) is 3.19. The van der Waals surface area contributed by atoms with Crippen LogP contribution in [0.3, 0.4) is 0 Å². The van der Waals surface area contributed by atoms with Gasteiger partial charge >= 0.3 is 0 Å². The van der Waals surface area contributed by atoms with Crippen molar-refractivity contribution in [3.05, 3.63) is 24.2 Å². The predicted octanol–water partition coefficient (Wildman–Crippen LogP) is 0.465. The lowest BCUT2D eigenvalue weighted by molar-refractivity contribution is -0.129. The van der Waals surface area contributed by atoms with Crippen LogP contribution in [0.15, 0.2) is 22.8 Å². The zero-order valence-electron chi connectivity index (χ0n) is 14.1. The molecular formula is C17H25N3O4. The largest absolute Gasteiger partial charge is 0.467 e. The molecule has 1 aromatic rings. The van der Waals surface area contributed by atoms with Gasteiger partial charge in [-0.1, -0.05) is 0 Å². The number of ether oxygens (including phenoxy) is 1. The second-order valence-corrected chi connectivity index (χ2v) is 6.58. The molecule has 0 unspecified atom stereocenters. The summed E-state index contributed by atoms with van der Waals surface area (Å²) in [4.78, 5) is 28.5. The van der Waals surface area contributed by atoms with Crippen molar-refractivity contribution in [3.8, 4) is 0 Å². The zero-order valence-corrected chi connectivity index (χ0v) is 14.1. The van der Waals surface area contributed by atoms with E-state index in [1.54, 1.807) is 17.2 Å². The molecule has 0 aliphatic carbocycles. The number of amides is 2. The van der Waals surface area contributed by atoms with Gasteiger partial charge in [-0.3, -0.25) is 14.5 Å². The Morgan fingerprint density at radius 1 is 1.42 bits per heavy atom. The molecule has 1 aromatic heterocycles. The van der Waals surface area contributed by atoms with E-state index in [0.29, 0.717) is 13.1 Å². The Kier molecular flexibility index (Phi) is 5.52. The van der Waals surface area contributed by atoms with Crippen molar-refractivity contribution >= 4 is 11.8 Å². The normalized spacial score (nSPS) is 23.5. The molecule has 7 heteroatoms.